The Morgan fingerprint density at radius 2 is 1.29 bits per heavy atom. The summed E-state index contributed by atoms with van der Waals surface area (Å²) in [7, 11) is 0. The third kappa shape index (κ3) is 16.2. The van der Waals surface area contributed by atoms with Crippen LogP contribution in [0.5, 0.6) is 0 Å². The summed E-state index contributed by atoms with van der Waals surface area (Å²) in [5.41, 5.74) is -0.240. The van der Waals surface area contributed by atoms with Crippen molar-refractivity contribution in [3.63, 3.8) is 0 Å². The van der Waals surface area contributed by atoms with Crippen LogP contribution in [0, 0.1) is 5.41 Å². The minimum atomic E-state index is -1.09. The average Bonchev–Trinajstić information content (AvgIpc) is 2.79. The Bertz CT molecular complexity index is 655. The second kappa shape index (κ2) is 18.0. The molecule has 0 spiro atoms. The molecule has 9 heteroatoms. The number of carbonyl (C=O) groups is 4. The number of esters is 4. The van der Waals surface area contributed by atoms with Gasteiger partial charge in [0.1, 0.15) is 19.3 Å². The lowest BCUT2D eigenvalue weighted by molar-refractivity contribution is -0.154. The predicted octanol–water partition coefficient (Wildman–Crippen LogP) is 3.65. The summed E-state index contributed by atoms with van der Waals surface area (Å²) < 4.78 is 20.1. The number of unbranched alkanes of at least 4 members (excludes halogenated alkanes) is 4. The summed E-state index contributed by atoms with van der Waals surface area (Å²) in [5, 5.41) is 9.63. The third-order valence-corrected chi connectivity index (χ3v) is 5.18. The zero-order valence-corrected chi connectivity index (χ0v) is 21.2. The molecule has 0 bridgehead atoms. The molecule has 0 saturated heterocycles. The standard InChI is InChI=1S/C25H42O9/c1-6-25(4,5)24(30)32-16-12-8-9-13-21(27)31-15-11-7-10-14-22(28)33-17-20(26)18-34-23(29)19(2)3/h20,26H,2,6-18H2,1,3-5H3. The lowest BCUT2D eigenvalue weighted by Gasteiger charge is -2.20. The van der Waals surface area contributed by atoms with E-state index in [9.17, 15) is 24.3 Å². The van der Waals surface area contributed by atoms with Crippen molar-refractivity contribution in [3.05, 3.63) is 12.2 Å². The quantitative estimate of drug-likeness (QED) is 0.126. The Balaban J connectivity index is 3.61. The molecule has 0 saturated carbocycles. The molecule has 196 valence electrons. The van der Waals surface area contributed by atoms with Crippen LogP contribution in [0.1, 0.15) is 85.5 Å². The Kier molecular flexibility index (Phi) is 16.7. The molecule has 1 N–H and O–H groups in total. The number of hydrogen-bond acceptors (Lipinski definition) is 9. The molecule has 0 aromatic carbocycles. The fourth-order valence-electron chi connectivity index (χ4n) is 2.46. The first-order valence-corrected chi connectivity index (χ1v) is 12.0. The topological polar surface area (TPSA) is 125 Å². The number of ether oxygens (including phenoxy) is 4. The second-order valence-electron chi connectivity index (χ2n) is 8.93. The van der Waals surface area contributed by atoms with Crippen molar-refractivity contribution in [3.8, 4) is 0 Å². The predicted molar refractivity (Wildman–Crippen MR) is 126 cm³/mol. The normalized spacial score (nSPS) is 11.9. The van der Waals surface area contributed by atoms with E-state index in [1.54, 1.807) is 0 Å². The van der Waals surface area contributed by atoms with E-state index < -0.39 is 23.5 Å². The number of hydrogen-bond donors (Lipinski definition) is 1. The number of aliphatic hydroxyl groups excluding tert-OH is 1. The van der Waals surface area contributed by atoms with E-state index >= 15 is 0 Å². The summed E-state index contributed by atoms with van der Waals surface area (Å²) in [5.74, 6) is -1.52. The highest BCUT2D eigenvalue weighted by Gasteiger charge is 2.26. The minimum absolute atomic E-state index is 0.187. The number of carbonyl (C=O) groups excluding carboxylic acids is 4. The monoisotopic (exact) mass is 486 g/mol. The molecule has 0 radical (unpaired) electrons. The third-order valence-electron chi connectivity index (χ3n) is 5.18. The van der Waals surface area contributed by atoms with Crippen LogP contribution in [0.25, 0.3) is 0 Å². The first kappa shape index (κ1) is 31.6. The van der Waals surface area contributed by atoms with Gasteiger partial charge in [-0.25, -0.2) is 4.79 Å². The van der Waals surface area contributed by atoms with Crippen LogP contribution in [-0.2, 0) is 38.1 Å². The molecule has 0 aliphatic rings. The molecule has 1 unspecified atom stereocenters. The molecule has 1 atom stereocenters. The zero-order chi connectivity index (χ0) is 26.0. The van der Waals surface area contributed by atoms with E-state index in [0.717, 1.165) is 12.8 Å². The SMILES string of the molecule is C=C(C)C(=O)OCC(O)COC(=O)CCCCCOC(=O)CCCCCOC(=O)C(C)(C)CC. The van der Waals surface area contributed by atoms with Crippen LogP contribution in [0.3, 0.4) is 0 Å². The van der Waals surface area contributed by atoms with Crippen LogP contribution < -0.4 is 0 Å². The molecule has 34 heavy (non-hydrogen) atoms. The van der Waals surface area contributed by atoms with E-state index in [2.05, 4.69) is 6.58 Å². The highest BCUT2D eigenvalue weighted by atomic mass is 16.6. The Hall–Kier alpha value is -2.42. The van der Waals surface area contributed by atoms with Gasteiger partial charge in [0.15, 0.2) is 0 Å². The van der Waals surface area contributed by atoms with E-state index in [1.807, 2.05) is 20.8 Å². The van der Waals surface area contributed by atoms with Gasteiger partial charge in [-0.1, -0.05) is 13.5 Å². The van der Waals surface area contributed by atoms with E-state index in [4.69, 9.17) is 18.9 Å². The van der Waals surface area contributed by atoms with Crippen molar-refractivity contribution in [1.82, 2.24) is 0 Å². The van der Waals surface area contributed by atoms with Gasteiger partial charge >= 0.3 is 23.9 Å². The molecule has 0 aliphatic carbocycles. The van der Waals surface area contributed by atoms with Crippen molar-refractivity contribution in [2.24, 2.45) is 5.41 Å². The molecule has 0 rings (SSSR count). The van der Waals surface area contributed by atoms with Crippen molar-refractivity contribution < 1.29 is 43.2 Å². The van der Waals surface area contributed by atoms with Crippen LogP contribution in [0.4, 0.5) is 0 Å². The summed E-state index contributed by atoms with van der Waals surface area (Å²) >= 11 is 0. The van der Waals surface area contributed by atoms with Crippen LogP contribution in [0.2, 0.25) is 0 Å². The van der Waals surface area contributed by atoms with E-state index in [0.29, 0.717) is 51.7 Å². The van der Waals surface area contributed by atoms with Crippen molar-refractivity contribution in [2.45, 2.75) is 91.6 Å². The van der Waals surface area contributed by atoms with Gasteiger partial charge in [-0.3, -0.25) is 14.4 Å². The lowest BCUT2D eigenvalue weighted by Crippen LogP contribution is -2.26. The average molecular weight is 487 g/mol. The Morgan fingerprint density at radius 1 is 0.794 bits per heavy atom. The molecule has 0 fully saturated rings. The van der Waals surface area contributed by atoms with Crippen LogP contribution in [-0.4, -0.2) is 61.5 Å². The molecule has 0 heterocycles. The summed E-state index contributed by atoms with van der Waals surface area (Å²) in [6.45, 7) is 10.7. The largest absolute Gasteiger partial charge is 0.466 e. The fraction of sp³-hybridized carbons (Fsp3) is 0.760. The Labute approximate surface area is 203 Å². The van der Waals surface area contributed by atoms with Gasteiger partial charge in [-0.05, 0) is 65.7 Å². The maximum absolute atomic E-state index is 11.8. The van der Waals surface area contributed by atoms with Crippen molar-refractivity contribution >= 4 is 23.9 Å². The first-order chi connectivity index (χ1) is 16.0. The summed E-state index contributed by atoms with van der Waals surface area (Å²) in [6, 6.07) is 0. The fourth-order valence-corrected chi connectivity index (χ4v) is 2.46. The van der Waals surface area contributed by atoms with E-state index in [-0.39, 0.29) is 37.1 Å². The van der Waals surface area contributed by atoms with Gasteiger partial charge in [-0.15, -0.1) is 0 Å². The van der Waals surface area contributed by atoms with Gasteiger partial charge in [0.05, 0.1) is 18.6 Å². The van der Waals surface area contributed by atoms with Crippen LogP contribution >= 0.6 is 0 Å². The van der Waals surface area contributed by atoms with Gasteiger partial charge < -0.3 is 24.1 Å². The lowest BCUT2D eigenvalue weighted by atomic mass is 9.91. The maximum atomic E-state index is 11.8. The number of rotatable bonds is 19. The maximum Gasteiger partial charge on any atom is 0.333 e. The van der Waals surface area contributed by atoms with Crippen molar-refractivity contribution in [1.29, 1.82) is 0 Å². The van der Waals surface area contributed by atoms with Crippen molar-refractivity contribution in [2.75, 3.05) is 26.4 Å². The van der Waals surface area contributed by atoms with Crippen LogP contribution in [0.15, 0.2) is 12.2 Å². The second-order valence-corrected chi connectivity index (χ2v) is 8.93. The highest BCUT2D eigenvalue weighted by molar-refractivity contribution is 5.86. The summed E-state index contributed by atoms with van der Waals surface area (Å²) in [6.07, 6.45) is 4.23. The van der Waals surface area contributed by atoms with Gasteiger partial charge in [0.2, 0.25) is 0 Å². The molecule has 0 amide bonds. The zero-order valence-electron chi connectivity index (χ0n) is 21.2. The minimum Gasteiger partial charge on any atom is -0.466 e. The molecule has 9 nitrogen and oxygen atoms in total. The van der Waals surface area contributed by atoms with Gasteiger partial charge in [-0.2, -0.15) is 0 Å². The summed E-state index contributed by atoms with van der Waals surface area (Å²) in [4.78, 5) is 46.5. The smallest absolute Gasteiger partial charge is 0.333 e. The molecule has 0 aliphatic heterocycles. The van der Waals surface area contributed by atoms with E-state index in [1.165, 1.54) is 6.92 Å². The molecular formula is C25H42O9. The first-order valence-electron chi connectivity index (χ1n) is 12.0. The Morgan fingerprint density at radius 3 is 1.82 bits per heavy atom. The molecule has 0 aromatic rings. The molecular weight excluding hydrogens is 444 g/mol. The molecule has 0 aromatic heterocycles. The highest BCUT2D eigenvalue weighted by Crippen LogP contribution is 2.21. The van der Waals surface area contributed by atoms with Gasteiger partial charge in [0.25, 0.3) is 0 Å². The number of aliphatic hydroxyl groups is 1. The van der Waals surface area contributed by atoms with Gasteiger partial charge in [0, 0.05) is 18.4 Å².